The zero-order valence-corrected chi connectivity index (χ0v) is 33.2. The van der Waals surface area contributed by atoms with Crippen LogP contribution in [-0.2, 0) is 10.8 Å². The molecule has 10 aromatic rings. The molecule has 0 amide bonds. The summed E-state index contributed by atoms with van der Waals surface area (Å²) < 4.78 is 2.44. The highest BCUT2D eigenvalue weighted by molar-refractivity contribution is 6.13. The van der Waals surface area contributed by atoms with E-state index in [0.29, 0.717) is 0 Å². The number of nitrogens with zero attached hydrogens (tertiary/aromatic N) is 2. The Morgan fingerprint density at radius 3 is 1.50 bits per heavy atom. The molecule has 0 atom stereocenters. The molecule has 9 aromatic carbocycles. The fraction of sp³-hybridized carbons (Fsp3) is 0.107. The Morgan fingerprint density at radius 2 is 0.828 bits per heavy atom. The van der Waals surface area contributed by atoms with Gasteiger partial charge in [0.2, 0.25) is 0 Å². The smallest absolute Gasteiger partial charge is 0.0547 e. The van der Waals surface area contributed by atoms with Gasteiger partial charge >= 0.3 is 0 Å². The van der Waals surface area contributed by atoms with Crippen LogP contribution in [0.3, 0.4) is 0 Å². The van der Waals surface area contributed by atoms with Crippen LogP contribution in [0.4, 0.5) is 17.1 Å². The van der Waals surface area contributed by atoms with Gasteiger partial charge in [-0.15, -0.1) is 0 Å². The average molecular weight is 743 g/mol. The van der Waals surface area contributed by atoms with Crippen LogP contribution in [0.25, 0.3) is 71.3 Å². The molecule has 58 heavy (non-hydrogen) atoms. The van der Waals surface area contributed by atoms with Gasteiger partial charge in [0.1, 0.15) is 0 Å². The quantitative estimate of drug-likeness (QED) is 0.174. The minimum Gasteiger partial charge on any atom is -0.310 e. The number of para-hydroxylation sites is 1. The molecule has 0 bridgehead atoms. The third-order valence-electron chi connectivity index (χ3n) is 13.5. The lowest BCUT2D eigenvalue weighted by Gasteiger charge is -2.30. The zero-order chi connectivity index (χ0) is 38.9. The summed E-state index contributed by atoms with van der Waals surface area (Å²) in [5.74, 6) is 0. The molecular formula is C56H42N2. The van der Waals surface area contributed by atoms with E-state index < -0.39 is 0 Å². The second-order valence-electron chi connectivity index (χ2n) is 17.4. The number of aromatic nitrogens is 1. The Balaban J connectivity index is 1.03. The number of benzene rings is 9. The van der Waals surface area contributed by atoms with E-state index in [9.17, 15) is 0 Å². The summed E-state index contributed by atoms with van der Waals surface area (Å²) in [7, 11) is 0. The molecule has 276 valence electrons. The van der Waals surface area contributed by atoms with E-state index in [1.807, 2.05) is 0 Å². The van der Waals surface area contributed by atoms with E-state index in [-0.39, 0.29) is 10.8 Å². The SMILES string of the molecule is CC1(C)c2ccccc2-c2ccc(N(c3ccc4c(c3)C(C)(C)c3ccccc3-4)c3ccc4cc(-n5c6ccccc6c6cc7ccccc7cc65)ccc4c3)cc21. The molecule has 12 rings (SSSR count). The number of anilines is 3. The lowest BCUT2D eigenvalue weighted by Crippen LogP contribution is -2.18. The molecule has 1 aromatic heterocycles. The van der Waals surface area contributed by atoms with Crippen LogP contribution in [0, 0.1) is 0 Å². The Morgan fingerprint density at radius 1 is 0.345 bits per heavy atom. The summed E-state index contributed by atoms with van der Waals surface area (Å²) >= 11 is 0. The zero-order valence-electron chi connectivity index (χ0n) is 33.2. The van der Waals surface area contributed by atoms with Gasteiger partial charge in [0, 0.05) is 44.4 Å². The van der Waals surface area contributed by atoms with Crippen molar-refractivity contribution >= 4 is 60.4 Å². The van der Waals surface area contributed by atoms with E-state index in [1.165, 1.54) is 105 Å². The Kier molecular flexibility index (Phi) is 6.78. The van der Waals surface area contributed by atoms with Gasteiger partial charge in [0.15, 0.2) is 0 Å². The summed E-state index contributed by atoms with van der Waals surface area (Å²) in [5, 5.41) is 7.49. The summed E-state index contributed by atoms with van der Waals surface area (Å²) in [6.45, 7) is 9.48. The number of hydrogen-bond donors (Lipinski definition) is 0. The van der Waals surface area contributed by atoms with Crippen LogP contribution in [0.2, 0.25) is 0 Å². The maximum Gasteiger partial charge on any atom is 0.0547 e. The van der Waals surface area contributed by atoms with Crippen LogP contribution in [0.5, 0.6) is 0 Å². The summed E-state index contributed by atoms with van der Waals surface area (Å²) in [6.07, 6.45) is 0. The summed E-state index contributed by atoms with van der Waals surface area (Å²) in [6, 6.07) is 68.2. The van der Waals surface area contributed by atoms with Crippen molar-refractivity contribution in [1.82, 2.24) is 4.57 Å². The number of fused-ring (bicyclic) bond motifs is 11. The average Bonchev–Trinajstić information content (AvgIpc) is 3.79. The highest BCUT2D eigenvalue weighted by Gasteiger charge is 2.37. The van der Waals surface area contributed by atoms with Crippen molar-refractivity contribution < 1.29 is 0 Å². The predicted molar refractivity (Wildman–Crippen MR) is 246 cm³/mol. The molecule has 0 unspecified atom stereocenters. The standard InChI is InChI=1S/C56H42N2/c1-55(2)49-18-10-7-15-43(49)45-27-25-41(33-51(45)55)57(42-26-28-46-44-16-8-11-19-50(44)56(3,4)52(46)34-42)39-23-21-38-30-40(24-22-37(38)29-39)58-53-20-12-9-17-47(53)48-31-35-13-5-6-14-36(35)32-54(48)58/h5-34H,1-4H3. The molecule has 0 saturated carbocycles. The Bertz CT molecular complexity index is 3250. The van der Waals surface area contributed by atoms with Gasteiger partial charge in [0.05, 0.1) is 11.0 Å². The topological polar surface area (TPSA) is 8.17 Å². The van der Waals surface area contributed by atoms with E-state index in [1.54, 1.807) is 0 Å². The number of rotatable bonds is 4. The molecule has 2 heteroatoms. The monoisotopic (exact) mass is 742 g/mol. The Hall–Kier alpha value is -6.90. The van der Waals surface area contributed by atoms with Crippen molar-refractivity contribution in [3.8, 4) is 27.9 Å². The van der Waals surface area contributed by atoms with Crippen LogP contribution in [0.1, 0.15) is 49.9 Å². The van der Waals surface area contributed by atoms with Crippen molar-refractivity contribution in [3.05, 3.63) is 204 Å². The van der Waals surface area contributed by atoms with E-state index >= 15 is 0 Å². The summed E-state index contributed by atoms with van der Waals surface area (Å²) in [4.78, 5) is 2.48. The highest BCUT2D eigenvalue weighted by Crippen LogP contribution is 2.53. The van der Waals surface area contributed by atoms with Crippen molar-refractivity contribution in [2.75, 3.05) is 4.90 Å². The molecule has 0 radical (unpaired) electrons. The van der Waals surface area contributed by atoms with Crippen molar-refractivity contribution in [2.24, 2.45) is 0 Å². The lowest BCUT2D eigenvalue weighted by atomic mass is 9.82. The van der Waals surface area contributed by atoms with Crippen LogP contribution >= 0.6 is 0 Å². The maximum atomic E-state index is 2.48. The van der Waals surface area contributed by atoms with E-state index in [2.05, 4.69) is 219 Å². The van der Waals surface area contributed by atoms with Gasteiger partial charge in [-0.25, -0.2) is 0 Å². The molecule has 0 N–H and O–H groups in total. The van der Waals surface area contributed by atoms with Crippen molar-refractivity contribution in [2.45, 2.75) is 38.5 Å². The molecule has 1 heterocycles. The molecule has 2 nitrogen and oxygen atoms in total. The molecule has 0 fully saturated rings. The fourth-order valence-electron chi connectivity index (χ4n) is 10.5. The van der Waals surface area contributed by atoms with E-state index in [4.69, 9.17) is 0 Å². The van der Waals surface area contributed by atoms with Crippen LogP contribution in [0.15, 0.2) is 182 Å². The Labute approximate surface area is 339 Å². The first kappa shape index (κ1) is 33.3. The first-order valence-electron chi connectivity index (χ1n) is 20.5. The van der Waals surface area contributed by atoms with Gasteiger partial charge in [-0.05, 0) is 133 Å². The van der Waals surface area contributed by atoms with Crippen LogP contribution in [-0.4, -0.2) is 4.57 Å². The minimum absolute atomic E-state index is 0.103. The van der Waals surface area contributed by atoms with Gasteiger partial charge in [0.25, 0.3) is 0 Å². The van der Waals surface area contributed by atoms with Crippen LogP contribution < -0.4 is 4.90 Å². The van der Waals surface area contributed by atoms with Gasteiger partial charge in [-0.2, -0.15) is 0 Å². The van der Waals surface area contributed by atoms with Gasteiger partial charge in [-0.1, -0.05) is 143 Å². The fourth-order valence-corrected chi connectivity index (χ4v) is 10.5. The molecule has 2 aliphatic carbocycles. The second-order valence-corrected chi connectivity index (χ2v) is 17.4. The first-order chi connectivity index (χ1) is 28.3. The second kappa shape index (κ2) is 11.8. The predicted octanol–water partition coefficient (Wildman–Crippen LogP) is 15.2. The van der Waals surface area contributed by atoms with Gasteiger partial charge in [-0.3, -0.25) is 0 Å². The lowest BCUT2D eigenvalue weighted by molar-refractivity contribution is 0.660. The van der Waals surface area contributed by atoms with Gasteiger partial charge < -0.3 is 9.47 Å². The van der Waals surface area contributed by atoms with Crippen molar-refractivity contribution in [3.63, 3.8) is 0 Å². The first-order valence-corrected chi connectivity index (χ1v) is 20.5. The normalized spacial score (nSPS) is 14.5. The van der Waals surface area contributed by atoms with E-state index in [0.717, 1.165) is 5.69 Å². The third kappa shape index (κ3) is 4.60. The van der Waals surface area contributed by atoms with Crippen molar-refractivity contribution in [1.29, 1.82) is 0 Å². The molecule has 0 spiro atoms. The molecular weight excluding hydrogens is 701 g/mol. The third-order valence-corrected chi connectivity index (χ3v) is 13.5. The molecule has 0 aliphatic heterocycles. The molecule has 2 aliphatic rings. The minimum atomic E-state index is -0.103. The molecule has 0 saturated heterocycles. The number of hydrogen-bond acceptors (Lipinski definition) is 1. The maximum absolute atomic E-state index is 2.48. The largest absolute Gasteiger partial charge is 0.310 e. The summed E-state index contributed by atoms with van der Waals surface area (Å²) in [5.41, 5.74) is 17.8. The highest BCUT2D eigenvalue weighted by atomic mass is 15.1.